The van der Waals surface area contributed by atoms with Gasteiger partial charge in [-0.05, 0) is 31.9 Å². The van der Waals surface area contributed by atoms with Gasteiger partial charge >= 0.3 is 0 Å². The minimum absolute atomic E-state index is 0.0374. The van der Waals surface area contributed by atoms with E-state index in [0.29, 0.717) is 17.0 Å². The van der Waals surface area contributed by atoms with Crippen LogP contribution in [0, 0.1) is 6.92 Å². The Bertz CT molecular complexity index is 1080. The predicted octanol–water partition coefficient (Wildman–Crippen LogP) is 1.54. The van der Waals surface area contributed by atoms with Crippen LogP contribution in [0.2, 0.25) is 0 Å². The third kappa shape index (κ3) is 6.41. The van der Waals surface area contributed by atoms with E-state index in [9.17, 15) is 21.6 Å². The maximum atomic E-state index is 12.7. The molecule has 0 N–H and O–H groups in total. The standard InChI is InChI=1S/C19H25N3O5S2/c1-14-12-17(10-11-18(23)15(2)22(3)28(4,24)25)21-19(20-14)29(26,27)13-16-8-6-5-7-9-16/h5-9,12,15H,10-11,13H2,1-4H3. The number of hydrogen-bond donors (Lipinski definition) is 0. The van der Waals surface area contributed by atoms with Crippen LogP contribution >= 0.6 is 0 Å². The summed E-state index contributed by atoms with van der Waals surface area (Å²) in [7, 11) is -5.88. The minimum Gasteiger partial charge on any atom is -0.298 e. The van der Waals surface area contributed by atoms with Crippen molar-refractivity contribution in [3.63, 3.8) is 0 Å². The summed E-state index contributed by atoms with van der Waals surface area (Å²) >= 11 is 0. The molecule has 0 fully saturated rings. The number of carbonyl (C=O) groups is 1. The van der Waals surface area contributed by atoms with Crippen molar-refractivity contribution in [3.8, 4) is 0 Å². The molecule has 1 aromatic heterocycles. The van der Waals surface area contributed by atoms with Crippen molar-refractivity contribution >= 4 is 25.6 Å². The van der Waals surface area contributed by atoms with Crippen LogP contribution in [0.5, 0.6) is 0 Å². The van der Waals surface area contributed by atoms with Gasteiger partial charge in [0.15, 0.2) is 5.78 Å². The normalized spacial score (nSPS) is 13.4. The number of Topliss-reactive ketones (excluding diaryl/α,β-unsaturated/α-hetero) is 1. The molecule has 0 aliphatic rings. The Morgan fingerprint density at radius 1 is 1.10 bits per heavy atom. The zero-order valence-corrected chi connectivity index (χ0v) is 18.5. The zero-order chi connectivity index (χ0) is 21.8. The lowest BCUT2D eigenvalue weighted by molar-refractivity contribution is -0.122. The van der Waals surface area contributed by atoms with Gasteiger partial charge in [0.2, 0.25) is 25.0 Å². The number of carbonyl (C=O) groups excluding carboxylic acids is 1. The van der Waals surface area contributed by atoms with Crippen molar-refractivity contribution in [3.05, 3.63) is 53.3 Å². The number of benzene rings is 1. The number of sulfonamides is 1. The number of aromatic nitrogens is 2. The van der Waals surface area contributed by atoms with Crippen molar-refractivity contribution < 1.29 is 21.6 Å². The van der Waals surface area contributed by atoms with E-state index in [1.54, 1.807) is 43.3 Å². The third-order valence-electron chi connectivity index (χ3n) is 4.53. The molecule has 2 aromatic rings. The molecule has 0 bridgehead atoms. The highest BCUT2D eigenvalue weighted by Gasteiger charge is 2.25. The van der Waals surface area contributed by atoms with E-state index in [2.05, 4.69) is 9.97 Å². The topological polar surface area (TPSA) is 114 Å². The van der Waals surface area contributed by atoms with Crippen LogP contribution in [0.15, 0.2) is 41.6 Å². The molecule has 29 heavy (non-hydrogen) atoms. The fourth-order valence-corrected chi connectivity index (χ4v) is 4.67. The Morgan fingerprint density at radius 3 is 2.31 bits per heavy atom. The van der Waals surface area contributed by atoms with Crippen molar-refractivity contribution in [1.29, 1.82) is 0 Å². The zero-order valence-electron chi connectivity index (χ0n) is 16.9. The molecule has 158 valence electrons. The van der Waals surface area contributed by atoms with Crippen LogP contribution in [0.1, 0.15) is 30.3 Å². The number of aryl methyl sites for hydroxylation is 2. The van der Waals surface area contributed by atoms with Crippen molar-refractivity contribution in [2.24, 2.45) is 0 Å². The number of nitrogens with zero attached hydrogens (tertiary/aromatic N) is 3. The molecule has 2 rings (SSSR count). The van der Waals surface area contributed by atoms with Crippen LogP contribution < -0.4 is 0 Å². The van der Waals surface area contributed by atoms with Crippen LogP contribution in [-0.4, -0.2) is 56.2 Å². The molecule has 1 unspecified atom stereocenters. The maximum absolute atomic E-state index is 12.7. The summed E-state index contributed by atoms with van der Waals surface area (Å²) < 4.78 is 49.6. The second-order valence-electron chi connectivity index (χ2n) is 6.95. The fraction of sp³-hybridized carbons (Fsp3) is 0.421. The molecule has 0 saturated heterocycles. The molecule has 0 aliphatic carbocycles. The summed E-state index contributed by atoms with van der Waals surface area (Å²) in [6.07, 6.45) is 1.27. The number of sulfone groups is 1. The van der Waals surface area contributed by atoms with E-state index in [1.165, 1.54) is 14.0 Å². The first-order valence-corrected chi connectivity index (χ1v) is 12.5. The summed E-state index contributed by atoms with van der Waals surface area (Å²) in [6, 6.07) is 9.56. The van der Waals surface area contributed by atoms with Crippen LogP contribution in [0.4, 0.5) is 0 Å². The first-order valence-electron chi connectivity index (χ1n) is 8.97. The Kier molecular flexibility index (Phi) is 7.25. The molecule has 1 aromatic carbocycles. The Balaban J connectivity index is 2.16. The van der Waals surface area contributed by atoms with Crippen molar-refractivity contribution in [2.75, 3.05) is 13.3 Å². The average Bonchev–Trinajstić information content (AvgIpc) is 2.64. The summed E-state index contributed by atoms with van der Waals surface area (Å²) in [6.45, 7) is 3.18. The highest BCUT2D eigenvalue weighted by Crippen LogP contribution is 2.15. The SMILES string of the molecule is Cc1cc(CCC(=O)C(C)N(C)S(C)(=O)=O)nc(S(=O)(=O)Cc2ccccc2)n1. The van der Waals surface area contributed by atoms with E-state index in [1.807, 2.05) is 0 Å². The number of hydrogen-bond acceptors (Lipinski definition) is 7. The number of ketones is 1. The lowest BCUT2D eigenvalue weighted by Crippen LogP contribution is -2.39. The average molecular weight is 440 g/mol. The van der Waals surface area contributed by atoms with E-state index < -0.39 is 25.9 Å². The van der Waals surface area contributed by atoms with Crippen LogP contribution in [0.3, 0.4) is 0 Å². The lowest BCUT2D eigenvalue weighted by Gasteiger charge is -2.21. The minimum atomic E-state index is -3.74. The van der Waals surface area contributed by atoms with Gasteiger partial charge in [-0.1, -0.05) is 30.3 Å². The van der Waals surface area contributed by atoms with Crippen molar-refractivity contribution in [1.82, 2.24) is 14.3 Å². The second-order valence-corrected chi connectivity index (χ2v) is 10.9. The van der Waals surface area contributed by atoms with Gasteiger partial charge in [-0.15, -0.1) is 0 Å². The third-order valence-corrected chi connectivity index (χ3v) is 7.34. The fourth-order valence-electron chi connectivity index (χ4n) is 2.68. The van der Waals surface area contributed by atoms with E-state index in [-0.39, 0.29) is 29.5 Å². The van der Waals surface area contributed by atoms with E-state index >= 15 is 0 Å². The molecule has 0 aliphatic heterocycles. The Labute approximate surface area is 172 Å². The first-order chi connectivity index (χ1) is 13.4. The van der Waals surface area contributed by atoms with Gasteiger partial charge in [-0.25, -0.2) is 26.8 Å². The van der Waals surface area contributed by atoms with Gasteiger partial charge in [0.1, 0.15) is 0 Å². The molecule has 8 nitrogen and oxygen atoms in total. The maximum Gasteiger partial charge on any atom is 0.247 e. The largest absolute Gasteiger partial charge is 0.298 e. The lowest BCUT2D eigenvalue weighted by atomic mass is 10.1. The number of likely N-dealkylation sites (N-methyl/N-ethyl adjacent to an activating group) is 1. The quantitative estimate of drug-likeness (QED) is 0.544. The molecule has 0 radical (unpaired) electrons. The molecular weight excluding hydrogens is 414 g/mol. The predicted molar refractivity (Wildman–Crippen MR) is 109 cm³/mol. The van der Waals surface area contributed by atoms with Gasteiger partial charge in [0.05, 0.1) is 18.1 Å². The highest BCUT2D eigenvalue weighted by molar-refractivity contribution is 7.90. The first kappa shape index (κ1) is 23.1. The summed E-state index contributed by atoms with van der Waals surface area (Å²) in [4.78, 5) is 20.5. The van der Waals surface area contributed by atoms with Gasteiger partial charge in [0.25, 0.3) is 0 Å². The van der Waals surface area contributed by atoms with Crippen LogP contribution in [0.25, 0.3) is 0 Å². The second kappa shape index (κ2) is 9.10. The van der Waals surface area contributed by atoms with E-state index in [0.717, 1.165) is 10.6 Å². The molecule has 1 heterocycles. The molecule has 1 atom stereocenters. The van der Waals surface area contributed by atoms with Gasteiger partial charge < -0.3 is 0 Å². The van der Waals surface area contributed by atoms with Gasteiger partial charge in [-0.2, -0.15) is 4.31 Å². The van der Waals surface area contributed by atoms with Gasteiger partial charge in [0, 0.05) is 24.9 Å². The van der Waals surface area contributed by atoms with E-state index in [4.69, 9.17) is 0 Å². The Hall–Kier alpha value is -2.17. The Morgan fingerprint density at radius 2 is 1.72 bits per heavy atom. The van der Waals surface area contributed by atoms with Crippen molar-refractivity contribution in [2.45, 2.75) is 43.6 Å². The molecule has 10 heteroatoms. The molecule has 0 spiro atoms. The highest BCUT2D eigenvalue weighted by atomic mass is 32.2. The molecular formula is C19H25N3O5S2. The smallest absolute Gasteiger partial charge is 0.247 e. The summed E-state index contributed by atoms with van der Waals surface area (Å²) in [5.41, 5.74) is 1.54. The van der Waals surface area contributed by atoms with Crippen LogP contribution in [-0.2, 0) is 36.8 Å². The summed E-state index contributed by atoms with van der Waals surface area (Å²) in [5.74, 6) is -0.492. The molecule has 0 amide bonds. The summed E-state index contributed by atoms with van der Waals surface area (Å²) in [5, 5.41) is -0.273. The molecule has 0 saturated carbocycles. The number of rotatable bonds is 9. The monoisotopic (exact) mass is 439 g/mol. The van der Waals surface area contributed by atoms with Gasteiger partial charge in [-0.3, -0.25) is 4.79 Å².